The van der Waals surface area contributed by atoms with E-state index in [0.29, 0.717) is 30.7 Å². The summed E-state index contributed by atoms with van der Waals surface area (Å²) in [7, 11) is 0. The van der Waals surface area contributed by atoms with E-state index in [2.05, 4.69) is 21.4 Å². The predicted molar refractivity (Wildman–Crippen MR) is 83.3 cm³/mol. The Morgan fingerprint density at radius 2 is 2.19 bits per heavy atom. The average Bonchev–Trinajstić information content (AvgIpc) is 2.50. The lowest BCUT2D eigenvalue weighted by Crippen LogP contribution is -2.58. The first-order valence-electron chi connectivity index (χ1n) is 7.23. The van der Waals surface area contributed by atoms with Gasteiger partial charge >= 0.3 is 0 Å². The Kier molecular flexibility index (Phi) is 6.13. The van der Waals surface area contributed by atoms with E-state index in [9.17, 15) is 4.39 Å². The minimum absolute atomic E-state index is 0.0977. The zero-order chi connectivity index (χ0) is 15.3. The average molecular weight is 361 g/mol. The lowest BCUT2D eigenvalue weighted by molar-refractivity contribution is -0.126. The van der Waals surface area contributed by atoms with E-state index in [1.54, 1.807) is 6.07 Å². The van der Waals surface area contributed by atoms with Gasteiger partial charge in [0.15, 0.2) is 0 Å². The van der Waals surface area contributed by atoms with Crippen molar-refractivity contribution in [2.24, 2.45) is 5.84 Å². The molecule has 118 valence electrons. The Balaban J connectivity index is 2.22. The molecule has 1 aliphatic rings. The normalized spacial score (nSPS) is 19.4. The number of nitrogens with two attached hydrogens (primary N) is 1. The molecule has 0 aliphatic carbocycles. The Labute approximate surface area is 133 Å². The highest BCUT2D eigenvalue weighted by Crippen LogP contribution is 2.32. The third-order valence-corrected chi connectivity index (χ3v) is 4.95. The fraction of sp³-hybridized carbons (Fsp3) is 0.600. The zero-order valence-corrected chi connectivity index (χ0v) is 13.8. The van der Waals surface area contributed by atoms with Gasteiger partial charge in [-0.1, -0.05) is 12.1 Å². The second kappa shape index (κ2) is 7.65. The summed E-state index contributed by atoms with van der Waals surface area (Å²) in [6.45, 7) is 3.90. The van der Waals surface area contributed by atoms with Gasteiger partial charge in [0, 0.05) is 32.7 Å². The first kappa shape index (κ1) is 16.8. The van der Waals surface area contributed by atoms with Gasteiger partial charge in [-0.05, 0) is 40.9 Å². The van der Waals surface area contributed by atoms with E-state index in [-0.39, 0.29) is 17.5 Å². The van der Waals surface area contributed by atoms with Crippen molar-refractivity contribution in [1.82, 2.24) is 5.43 Å². The quantitative estimate of drug-likeness (QED) is 0.604. The number of nitrogens with one attached hydrogen (secondary N) is 1. The summed E-state index contributed by atoms with van der Waals surface area (Å²) >= 11 is 3.31. The topological polar surface area (TPSA) is 56.5 Å². The molecule has 2 rings (SSSR count). The van der Waals surface area contributed by atoms with Crippen LogP contribution in [0.1, 0.15) is 25.3 Å². The maximum Gasteiger partial charge on any atom is 0.137 e. The number of halogens is 2. The highest BCUT2D eigenvalue weighted by atomic mass is 79.9. The van der Waals surface area contributed by atoms with Gasteiger partial charge in [-0.2, -0.15) is 0 Å². The van der Waals surface area contributed by atoms with E-state index in [1.165, 1.54) is 6.07 Å². The molecule has 1 fully saturated rings. The van der Waals surface area contributed by atoms with Gasteiger partial charge in [0.2, 0.25) is 0 Å². The van der Waals surface area contributed by atoms with Crippen molar-refractivity contribution >= 4 is 15.9 Å². The third kappa shape index (κ3) is 3.81. The zero-order valence-electron chi connectivity index (χ0n) is 12.2. The van der Waals surface area contributed by atoms with Gasteiger partial charge in [-0.25, -0.2) is 4.39 Å². The van der Waals surface area contributed by atoms with Crippen molar-refractivity contribution in [2.75, 3.05) is 19.8 Å². The lowest BCUT2D eigenvalue weighted by atomic mass is 9.83. The third-order valence-electron chi connectivity index (χ3n) is 4.06. The fourth-order valence-electron chi connectivity index (χ4n) is 2.92. The highest BCUT2D eigenvalue weighted by Gasteiger charge is 2.41. The van der Waals surface area contributed by atoms with Gasteiger partial charge in [-0.3, -0.25) is 11.3 Å². The first-order valence-corrected chi connectivity index (χ1v) is 8.03. The molecule has 1 aliphatic heterocycles. The standard InChI is InChI=1S/C15H22BrFN2O2/c1-2-21-15(6-8-20-9-7-15)13(19-18)10-11-4-3-5-12(17)14(11)16/h3-5,13,19H,2,6-10,18H2,1H3. The number of hydrazine groups is 1. The van der Waals surface area contributed by atoms with Gasteiger partial charge in [0.1, 0.15) is 5.82 Å². The summed E-state index contributed by atoms with van der Waals surface area (Å²) in [6.07, 6.45) is 2.15. The summed E-state index contributed by atoms with van der Waals surface area (Å²) < 4.78 is 25.6. The lowest BCUT2D eigenvalue weighted by Gasteiger charge is -2.43. The Morgan fingerprint density at radius 1 is 1.48 bits per heavy atom. The molecular formula is C15H22BrFN2O2. The number of hydrogen-bond donors (Lipinski definition) is 2. The second-order valence-corrected chi connectivity index (χ2v) is 6.04. The van der Waals surface area contributed by atoms with Crippen LogP contribution in [-0.2, 0) is 15.9 Å². The van der Waals surface area contributed by atoms with Gasteiger partial charge in [0.05, 0.1) is 16.1 Å². The maximum atomic E-state index is 13.7. The molecule has 1 saturated heterocycles. The van der Waals surface area contributed by atoms with Crippen LogP contribution in [0.15, 0.2) is 22.7 Å². The van der Waals surface area contributed by atoms with Crippen molar-refractivity contribution in [3.8, 4) is 0 Å². The molecule has 0 saturated carbocycles. The summed E-state index contributed by atoms with van der Waals surface area (Å²) in [5.41, 5.74) is 3.38. The number of rotatable bonds is 6. The van der Waals surface area contributed by atoms with E-state index in [1.807, 2.05) is 13.0 Å². The molecule has 1 aromatic carbocycles. The number of benzene rings is 1. The Hall–Kier alpha value is -0.530. The largest absolute Gasteiger partial charge is 0.381 e. The van der Waals surface area contributed by atoms with Crippen LogP contribution in [-0.4, -0.2) is 31.5 Å². The van der Waals surface area contributed by atoms with Crippen molar-refractivity contribution in [2.45, 2.75) is 37.8 Å². The van der Waals surface area contributed by atoms with Crippen molar-refractivity contribution in [3.63, 3.8) is 0 Å². The van der Waals surface area contributed by atoms with Crippen LogP contribution in [0.3, 0.4) is 0 Å². The van der Waals surface area contributed by atoms with Crippen molar-refractivity contribution in [3.05, 3.63) is 34.1 Å². The van der Waals surface area contributed by atoms with Crippen molar-refractivity contribution in [1.29, 1.82) is 0 Å². The molecule has 0 amide bonds. The molecular weight excluding hydrogens is 339 g/mol. The monoisotopic (exact) mass is 360 g/mol. The molecule has 0 aromatic heterocycles. The van der Waals surface area contributed by atoms with Crippen LogP contribution in [0.25, 0.3) is 0 Å². The Morgan fingerprint density at radius 3 is 2.81 bits per heavy atom. The molecule has 0 spiro atoms. The number of ether oxygens (including phenoxy) is 2. The molecule has 1 aromatic rings. The van der Waals surface area contributed by atoms with Crippen LogP contribution in [0.5, 0.6) is 0 Å². The SMILES string of the molecule is CCOC1(C(Cc2cccc(F)c2Br)NN)CCOCC1. The van der Waals surface area contributed by atoms with E-state index in [4.69, 9.17) is 15.3 Å². The minimum Gasteiger partial charge on any atom is -0.381 e. The predicted octanol–water partition coefficient (Wildman–Crippen LogP) is 2.55. The second-order valence-electron chi connectivity index (χ2n) is 5.25. The summed E-state index contributed by atoms with van der Waals surface area (Å²) in [5.74, 6) is 5.51. The summed E-state index contributed by atoms with van der Waals surface area (Å²) in [4.78, 5) is 0. The van der Waals surface area contributed by atoms with Crippen LogP contribution >= 0.6 is 15.9 Å². The fourth-order valence-corrected chi connectivity index (χ4v) is 3.35. The van der Waals surface area contributed by atoms with Gasteiger partial charge in [-0.15, -0.1) is 0 Å². The molecule has 4 nitrogen and oxygen atoms in total. The Bertz CT molecular complexity index is 461. The van der Waals surface area contributed by atoms with Gasteiger partial charge in [0.25, 0.3) is 0 Å². The molecule has 0 bridgehead atoms. The van der Waals surface area contributed by atoms with E-state index >= 15 is 0 Å². The molecule has 6 heteroatoms. The van der Waals surface area contributed by atoms with Crippen molar-refractivity contribution < 1.29 is 13.9 Å². The van der Waals surface area contributed by atoms with E-state index in [0.717, 1.165) is 18.4 Å². The molecule has 3 N–H and O–H groups in total. The van der Waals surface area contributed by atoms with Gasteiger partial charge < -0.3 is 9.47 Å². The summed E-state index contributed by atoms with van der Waals surface area (Å²) in [5, 5.41) is 0. The van der Waals surface area contributed by atoms with Crippen LogP contribution in [0, 0.1) is 5.82 Å². The van der Waals surface area contributed by atoms with E-state index < -0.39 is 0 Å². The molecule has 1 unspecified atom stereocenters. The molecule has 1 heterocycles. The first-order chi connectivity index (χ1) is 10.1. The highest BCUT2D eigenvalue weighted by molar-refractivity contribution is 9.10. The molecule has 1 atom stereocenters. The number of hydrogen-bond acceptors (Lipinski definition) is 4. The smallest absolute Gasteiger partial charge is 0.137 e. The van der Waals surface area contributed by atoms with Crippen LogP contribution in [0.2, 0.25) is 0 Å². The molecule has 21 heavy (non-hydrogen) atoms. The molecule has 0 radical (unpaired) electrons. The minimum atomic E-state index is -0.368. The van der Waals surface area contributed by atoms with Crippen LogP contribution in [0.4, 0.5) is 4.39 Å². The maximum absolute atomic E-state index is 13.7. The van der Waals surface area contributed by atoms with Crippen LogP contribution < -0.4 is 11.3 Å². The summed E-state index contributed by atoms with van der Waals surface area (Å²) in [6, 6.07) is 4.95.